The van der Waals surface area contributed by atoms with Gasteiger partial charge in [-0.05, 0) is 6.42 Å². The molecule has 7 heteroatoms. The van der Waals surface area contributed by atoms with Crippen molar-refractivity contribution < 1.29 is 52.3 Å². The maximum absolute atomic E-state index is 10.8. The van der Waals surface area contributed by atoms with Crippen molar-refractivity contribution in [2.24, 2.45) is 0 Å². The SMILES string of the molecule is C=CCOOS(=O)(=O)C(O)CC.[Na+]. The van der Waals surface area contributed by atoms with Crippen molar-refractivity contribution in [3.05, 3.63) is 12.7 Å². The van der Waals surface area contributed by atoms with Gasteiger partial charge in [0.25, 0.3) is 0 Å². The van der Waals surface area contributed by atoms with Crippen LogP contribution in [0.15, 0.2) is 12.7 Å². The van der Waals surface area contributed by atoms with E-state index in [2.05, 4.69) is 15.8 Å². The largest absolute Gasteiger partial charge is 1.00 e. The van der Waals surface area contributed by atoms with E-state index in [1.54, 1.807) is 0 Å². The number of aliphatic hydroxyl groups excluding tert-OH is 1. The molecule has 72 valence electrons. The first-order valence-corrected chi connectivity index (χ1v) is 4.85. The summed E-state index contributed by atoms with van der Waals surface area (Å²) < 4.78 is 25.6. The van der Waals surface area contributed by atoms with E-state index in [0.29, 0.717) is 0 Å². The Morgan fingerprint density at radius 2 is 2.15 bits per heavy atom. The second kappa shape index (κ2) is 7.93. The van der Waals surface area contributed by atoms with Crippen LogP contribution in [0, 0.1) is 0 Å². The summed E-state index contributed by atoms with van der Waals surface area (Å²) in [4.78, 5) is 4.20. The van der Waals surface area contributed by atoms with Crippen LogP contribution < -0.4 is 29.6 Å². The molecule has 0 rings (SSSR count). The van der Waals surface area contributed by atoms with Gasteiger partial charge in [-0.3, -0.25) is 0 Å². The first-order chi connectivity index (χ1) is 5.54. The molecule has 0 aromatic carbocycles. The van der Waals surface area contributed by atoms with Crippen LogP contribution >= 0.6 is 0 Å². The summed E-state index contributed by atoms with van der Waals surface area (Å²) in [6, 6.07) is 0. The molecular formula is C6H12NaO5S+. The first-order valence-electron chi connectivity index (χ1n) is 3.38. The standard InChI is InChI=1S/C6H12O5S.Na/c1-3-5-10-11-12(8,9)6(7)4-2;/h3,6-7H,1,4-5H2,2H3;/q;+1. The summed E-state index contributed by atoms with van der Waals surface area (Å²) in [5, 5.41) is 8.87. The van der Waals surface area contributed by atoms with Crippen LogP contribution in [0.4, 0.5) is 0 Å². The maximum Gasteiger partial charge on any atom is 1.00 e. The molecule has 0 amide bonds. The molecule has 0 aliphatic rings. The fourth-order valence-electron chi connectivity index (χ4n) is 0.392. The number of aliphatic hydroxyl groups is 1. The van der Waals surface area contributed by atoms with Crippen molar-refractivity contribution >= 4 is 10.1 Å². The molecule has 5 nitrogen and oxygen atoms in total. The van der Waals surface area contributed by atoms with Crippen LogP contribution in [0.3, 0.4) is 0 Å². The molecule has 0 fully saturated rings. The van der Waals surface area contributed by atoms with Crippen LogP contribution in [0.5, 0.6) is 0 Å². The van der Waals surface area contributed by atoms with Crippen molar-refractivity contribution in [1.29, 1.82) is 0 Å². The second-order valence-corrected chi connectivity index (χ2v) is 3.66. The van der Waals surface area contributed by atoms with E-state index in [1.807, 2.05) is 0 Å². The van der Waals surface area contributed by atoms with Crippen LogP contribution in [0.2, 0.25) is 0 Å². The van der Waals surface area contributed by atoms with Gasteiger partial charge in [0.05, 0.1) is 0 Å². The van der Waals surface area contributed by atoms with E-state index in [-0.39, 0.29) is 42.6 Å². The van der Waals surface area contributed by atoms with E-state index in [9.17, 15) is 8.42 Å². The molecule has 0 saturated heterocycles. The molecule has 0 heterocycles. The summed E-state index contributed by atoms with van der Waals surface area (Å²) in [6.45, 7) is 4.75. The summed E-state index contributed by atoms with van der Waals surface area (Å²) in [6.07, 6.45) is 1.38. The minimum atomic E-state index is -4.00. The van der Waals surface area contributed by atoms with Crippen LogP contribution in [0.1, 0.15) is 13.3 Å². The minimum Gasteiger partial charge on any atom is -0.375 e. The third-order valence-corrected chi connectivity index (χ3v) is 2.30. The van der Waals surface area contributed by atoms with Crippen molar-refractivity contribution in [1.82, 2.24) is 0 Å². The monoisotopic (exact) mass is 219 g/mol. The molecule has 0 aliphatic heterocycles. The van der Waals surface area contributed by atoms with Gasteiger partial charge in [0, 0.05) is 0 Å². The molecule has 1 unspecified atom stereocenters. The minimum absolute atomic E-state index is 0. The molecule has 1 N–H and O–H groups in total. The Hall–Kier alpha value is 0.570. The zero-order valence-corrected chi connectivity index (χ0v) is 10.6. The Morgan fingerprint density at radius 1 is 1.62 bits per heavy atom. The predicted molar refractivity (Wildman–Crippen MR) is 42.5 cm³/mol. The molecule has 0 bridgehead atoms. The maximum atomic E-state index is 10.8. The summed E-state index contributed by atoms with van der Waals surface area (Å²) in [5.74, 6) is 0. The number of rotatable bonds is 6. The van der Waals surface area contributed by atoms with E-state index >= 15 is 0 Å². The number of hydrogen-bond acceptors (Lipinski definition) is 5. The second-order valence-electron chi connectivity index (χ2n) is 2.00. The zero-order valence-electron chi connectivity index (χ0n) is 7.76. The fraction of sp³-hybridized carbons (Fsp3) is 0.667. The first kappa shape index (κ1) is 16.0. The van der Waals surface area contributed by atoms with Gasteiger partial charge in [0.15, 0.2) is 5.44 Å². The zero-order chi connectivity index (χ0) is 9.61. The van der Waals surface area contributed by atoms with Gasteiger partial charge in [0.1, 0.15) is 6.61 Å². The molecule has 1 atom stereocenters. The third kappa shape index (κ3) is 6.62. The molecule has 0 saturated carbocycles. The Kier molecular flexibility index (Phi) is 9.77. The molecular weight excluding hydrogens is 207 g/mol. The Morgan fingerprint density at radius 3 is 2.54 bits per heavy atom. The topological polar surface area (TPSA) is 72.8 Å². The van der Waals surface area contributed by atoms with E-state index in [0.717, 1.165) is 0 Å². The van der Waals surface area contributed by atoms with Gasteiger partial charge in [-0.15, -0.1) is 10.9 Å². The Labute approximate surface area is 100 Å². The van der Waals surface area contributed by atoms with Crippen LogP contribution in [-0.4, -0.2) is 25.6 Å². The Balaban J connectivity index is 0. The third-order valence-electron chi connectivity index (χ3n) is 1.01. The predicted octanol–water partition coefficient (Wildman–Crippen LogP) is -2.82. The average molecular weight is 219 g/mol. The molecule has 13 heavy (non-hydrogen) atoms. The summed E-state index contributed by atoms with van der Waals surface area (Å²) in [5.41, 5.74) is -1.54. The molecule has 0 aromatic heterocycles. The van der Waals surface area contributed by atoms with Gasteiger partial charge < -0.3 is 5.11 Å². The quantitative estimate of drug-likeness (QED) is 0.171. The van der Waals surface area contributed by atoms with Gasteiger partial charge in [-0.25, -0.2) is 4.89 Å². The van der Waals surface area contributed by atoms with Gasteiger partial charge in [-0.2, -0.15) is 8.42 Å². The molecule has 0 spiro atoms. The van der Waals surface area contributed by atoms with Crippen molar-refractivity contribution in [3.8, 4) is 0 Å². The molecule has 0 radical (unpaired) electrons. The number of hydrogen-bond donors (Lipinski definition) is 1. The molecule has 0 aliphatic carbocycles. The van der Waals surface area contributed by atoms with Gasteiger partial charge >= 0.3 is 39.7 Å². The molecule has 0 aromatic rings. The van der Waals surface area contributed by atoms with Crippen molar-refractivity contribution in [3.63, 3.8) is 0 Å². The van der Waals surface area contributed by atoms with Crippen molar-refractivity contribution in [2.45, 2.75) is 18.8 Å². The smallest absolute Gasteiger partial charge is 0.375 e. The van der Waals surface area contributed by atoms with Crippen molar-refractivity contribution in [2.75, 3.05) is 6.61 Å². The van der Waals surface area contributed by atoms with E-state index in [1.165, 1.54) is 13.0 Å². The average Bonchev–Trinajstić information content (AvgIpc) is 2.03. The normalized spacial score (nSPS) is 13.1. The fourth-order valence-corrected chi connectivity index (χ4v) is 1.08. The van der Waals surface area contributed by atoms with Crippen LogP contribution in [0.25, 0.3) is 0 Å². The summed E-state index contributed by atoms with van der Waals surface area (Å²) >= 11 is 0. The van der Waals surface area contributed by atoms with Gasteiger partial charge in [-0.1, -0.05) is 13.0 Å². The van der Waals surface area contributed by atoms with E-state index < -0.39 is 15.6 Å². The van der Waals surface area contributed by atoms with E-state index in [4.69, 9.17) is 5.11 Å². The van der Waals surface area contributed by atoms with Gasteiger partial charge in [0.2, 0.25) is 0 Å². The van der Waals surface area contributed by atoms with Crippen LogP contribution in [-0.2, 0) is 19.3 Å². The summed E-state index contributed by atoms with van der Waals surface area (Å²) in [7, 11) is -4.00. The Bertz CT molecular complexity index is 225.